The van der Waals surface area contributed by atoms with E-state index in [1.165, 1.54) is 0 Å². The van der Waals surface area contributed by atoms with E-state index >= 15 is 0 Å². The van der Waals surface area contributed by atoms with Gasteiger partial charge in [0.15, 0.2) is 0 Å². The number of cyclic esters (lactones) is 1. The largest absolute Gasteiger partial charge is 0.461 e. The van der Waals surface area contributed by atoms with Crippen LogP contribution in [0.15, 0.2) is 11.6 Å². The lowest BCUT2D eigenvalue weighted by molar-refractivity contribution is -0.191. The van der Waals surface area contributed by atoms with Crippen LogP contribution in [0.3, 0.4) is 0 Å². The second-order valence-electron chi connectivity index (χ2n) is 7.97. The molecule has 0 unspecified atom stereocenters. The van der Waals surface area contributed by atoms with Gasteiger partial charge in [0.05, 0.1) is 12.0 Å². The van der Waals surface area contributed by atoms with E-state index in [1.807, 2.05) is 47.6 Å². The number of hydrogen-bond acceptors (Lipinski definition) is 4. The maximum atomic E-state index is 12.6. The molecular weight excluding hydrogens is 316 g/mol. The Labute approximate surface area is 153 Å². The molecule has 0 saturated carbocycles. The third-order valence-corrected chi connectivity index (χ3v) is 5.77. The molecule has 1 rings (SSSR count). The van der Waals surface area contributed by atoms with Crippen LogP contribution in [0.5, 0.6) is 0 Å². The molecule has 0 radical (unpaired) electrons. The van der Waals surface area contributed by atoms with Gasteiger partial charge in [-0.1, -0.05) is 59.6 Å². The summed E-state index contributed by atoms with van der Waals surface area (Å²) in [5.41, 5.74) is 1.14. The van der Waals surface area contributed by atoms with Crippen LogP contribution in [-0.2, 0) is 14.3 Å². The van der Waals surface area contributed by atoms with Crippen LogP contribution in [0.4, 0.5) is 0 Å². The fraction of sp³-hybridized carbons (Fsp3) is 0.810. The summed E-state index contributed by atoms with van der Waals surface area (Å²) in [7, 11) is 0. The SMILES string of the molecule is CC[C@H](C)[C@H](O)[C@H](C)C(=O)[C@H](C)/C=C(/C)C[C@H](C)[C@@H]1OC(=O)[C@@H]1CC. The normalized spacial score (nSPS) is 26.9. The number of rotatable bonds is 10. The van der Waals surface area contributed by atoms with Crippen molar-refractivity contribution in [3.05, 3.63) is 11.6 Å². The molecule has 1 N–H and O–H groups in total. The van der Waals surface area contributed by atoms with Gasteiger partial charge in [0, 0.05) is 11.8 Å². The van der Waals surface area contributed by atoms with E-state index in [4.69, 9.17) is 4.74 Å². The molecule has 0 aromatic carbocycles. The Morgan fingerprint density at radius 1 is 1.24 bits per heavy atom. The number of esters is 1. The summed E-state index contributed by atoms with van der Waals surface area (Å²) >= 11 is 0. The van der Waals surface area contributed by atoms with Crippen LogP contribution in [0.2, 0.25) is 0 Å². The first-order valence-corrected chi connectivity index (χ1v) is 9.73. The van der Waals surface area contributed by atoms with Crippen LogP contribution < -0.4 is 0 Å². The third-order valence-electron chi connectivity index (χ3n) is 5.77. The Morgan fingerprint density at radius 3 is 2.32 bits per heavy atom. The second-order valence-corrected chi connectivity index (χ2v) is 7.97. The fourth-order valence-electron chi connectivity index (χ4n) is 3.80. The molecule has 1 heterocycles. The van der Waals surface area contributed by atoms with Crippen LogP contribution in [-0.4, -0.2) is 29.1 Å². The fourth-order valence-corrected chi connectivity index (χ4v) is 3.80. The van der Waals surface area contributed by atoms with Gasteiger partial charge >= 0.3 is 5.97 Å². The van der Waals surface area contributed by atoms with Gasteiger partial charge in [0.25, 0.3) is 0 Å². The van der Waals surface area contributed by atoms with Crippen molar-refractivity contribution >= 4 is 11.8 Å². The first-order chi connectivity index (χ1) is 11.6. The summed E-state index contributed by atoms with van der Waals surface area (Å²) in [4.78, 5) is 24.0. The molecule has 7 atom stereocenters. The molecule has 0 amide bonds. The lowest BCUT2D eigenvalue weighted by atomic mass is 9.81. The topological polar surface area (TPSA) is 63.6 Å². The van der Waals surface area contributed by atoms with E-state index in [1.54, 1.807) is 0 Å². The van der Waals surface area contributed by atoms with E-state index < -0.39 is 6.10 Å². The molecule has 0 aromatic rings. The van der Waals surface area contributed by atoms with Crippen molar-refractivity contribution in [3.8, 4) is 0 Å². The van der Waals surface area contributed by atoms with E-state index in [2.05, 4.69) is 6.92 Å². The Morgan fingerprint density at radius 2 is 1.84 bits per heavy atom. The van der Waals surface area contributed by atoms with Crippen molar-refractivity contribution in [1.82, 2.24) is 0 Å². The highest BCUT2D eigenvalue weighted by molar-refractivity contribution is 5.85. The molecule has 0 aliphatic carbocycles. The number of hydrogen-bond donors (Lipinski definition) is 1. The number of carbonyl (C=O) groups is 2. The van der Waals surface area contributed by atoms with E-state index in [0.717, 1.165) is 24.8 Å². The number of ether oxygens (including phenoxy) is 1. The maximum absolute atomic E-state index is 12.6. The molecule has 1 fully saturated rings. The standard InChI is InChI=1S/C21H36O4/c1-8-13(4)18(22)16(7)19(23)14(5)10-12(3)11-15(6)20-17(9-2)21(24)25-20/h10,13-18,20,22H,8-9,11H2,1-7H3/b12-10-/t13-,14+,15-,16-,17+,18-,20-/m0/s1. The quantitative estimate of drug-likeness (QED) is 0.474. The maximum Gasteiger partial charge on any atom is 0.313 e. The summed E-state index contributed by atoms with van der Waals surface area (Å²) in [5, 5.41) is 10.3. The first-order valence-electron chi connectivity index (χ1n) is 9.73. The number of aliphatic hydroxyl groups is 1. The molecule has 0 spiro atoms. The van der Waals surface area contributed by atoms with Gasteiger partial charge in [-0.25, -0.2) is 0 Å². The average Bonchev–Trinajstić information content (AvgIpc) is 2.56. The second kappa shape index (κ2) is 9.51. The highest BCUT2D eigenvalue weighted by atomic mass is 16.6. The van der Waals surface area contributed by atoms with Gasteiger partial charge in [0.1, 0.15) is 11.9 Å². The molecule has 1 aliphatic heterocycles. The van der Waals surface area contributed by atoms with Crippen LogP contribution in [0.25, 0.3) is 0 Å². The van der Waals surface area contributed by atoms with Crippen LogP contribution in [0.1, 0.15) is 67.7 Å². The van der Waals surface area contributed by atoms with Gasteiger partial charge in [-0.3, -0.25) is 9.59 Å². The summed E-state index contributed by atoms with van der Waals surface area (Å²) in [6.07, 6.45) is 3.90. The smallest absolute Gasteiger partial charge is 0.313 e. The van der Waals surface area contributed by atoms with Crippen molar-refractivity contribution in [3.63, 3.8) is 0 Å². The number of Topliss-reactive ketones (excluding diaryl/α,β-unsaturated/α-hetero) is 1. The van der Waals surface area contributed by atoms with Crippen molar-refractivity contribution in [2.45, 2.75) is 79.9 Å². The number of ketones is 1. The number of carbonyl (C=O) groups excluding carboxylic acids is 2. The Hall–Kier alpha value is -1.16. The van der Waals surface area contributed by atoms with Crippen LogP contribution >= 0.6 is 0 Å². The van der Waals surface area contributed by atoms with Crippen LogP contribution in [0, 0.1) is 29.6 Å². The highest BCUT2D eigenvalue weighted by Crippen LogP contribution is 2.34. The average molecular weight is 353 g/mol. The van der Waals surface area contributed by atoms with E-state index in [9.17, 15) is 14.7 Å². The van der Waals surface area contributed by atoms with Gasteiger partial charge in [0.2, 0.25) is 0 Å². The summed E-state index contributed by atoms with van der Waals surface area (Å²) in [6.45, 7) is 13.9. The zero-order valence-electron chi connectivity index (χ0n) is 16.9. The van der Waals surface area contributed by atoms with E-state index in [-0.39, 0.29) is 47.4 Å². The lowest BCUT2D eigenvalue weighted by Crippen LogP contribution is -2.48. The van der Waals surface area contributed by atoms with Gasteiger partial charge < -0.3 is 9.84 Å². The first kappa shape index (κ1) is 21.9. The Kier molecular flexibility index (Phi) is 8.33. The summed E-state index contributed by atoms with van der Waals surface area (Å²) in [5.74, 6) is -0.179. The third kappa shape index (κ3) is 5.40. The molecule has 25 heavy (non-hydrogen) atoms. The zero-order valence-corrected chi connectivity index (χ0v) is 16.9. The molecule has 1 saturated heterocycles. The molecule has 4 nitrogen and oxygen atoms in total. The molecule has 1 aliphatic rings. The molecular formula is C21H36O4. The summed E-state index contributed by atoms with van der Waals surface area (Å²) in [6, 6.07) is 0. The predicted octanol–water partition coefficient (Wildman–Crippen LogP) is 4.16. The number of aliphatic hydroxyl groups excluding tert-OH is 1. The minimum atomic E-state index is -0.590. The minimum Gasteiger partial charge on any atom is -0.461 e. The van der Waals surface area contributed by atoms with Gasteiger partial charge in [-0.2, -0.15) is 0 Å². The molecule has 0 bridgehead atoms. The van der Waals surface area contributed by atoms with Crippen molar-refractivity contribution < 1.29 is 19.4 Å². The molecule has 0 aromatic heterocycles. The van der Waals surface area contributed by atoms with Crippen molar-refractivity contribution in [2.75, 3.05) is 0 Å². The van der Waals surface area contributed by atoms with Crippen molar-refractivity contribution in [2.24, 2.45) is 29.6 Å². The van der Waals surface area contributed by atoms with E-state index in [0.29, 0.717) is 0 Å². The number of allylic oxidation sites excluding steroid dienone is 2. The minimum absolute atomic E-state index is 0.00185. The Bertz CT molecular complexity index is 496. The van der Waals surface area contributed by atoms with Gasteiger partial charge in [-0.05, 0) is 31.6 Å². The zero-order chi connectivity index (χ0) is 19.3. The molecule has 144 valence electrons. The Balaban J connectivity index is 2.62. The van der Waals surface area contributed by atoms with Gasteiger partial charge in [-0.15, -0.1) is 0 Å². The lowest BCUT2D eigenvalue weighted by Gasteiger charge is -2.38. The monoisotopic (exact) mass is 352 g/mol. The van der Waals surface area contributed by atoms with Crippen molar-refractivity contribution in [1.29, 1.82) is 0 Å². The predicted molar refractivity (Wildman–Crippen MR) is 100.0 cm³/mol. The molecule has 4 heteroatoms. The highest BCUT2D eigenvalue weighted by Gasteiger charge is 2.43. The summed E-state index contributed by atoms with van der Waals surface area (Å²) < 4.78 is 5.30.